The molecule has 0 aromatic heterocycles. The Bertz CT molecular complexity index is 665. The topological polar surface area (TPSA) is 75.7 Å². The maximum atomic E-state index is 12.5. The lowest BCUT2D eigenvalue weighted by molar-refractivity contribution is -0.130. The fraction of sp³-hybridized carbons (Fsp3) is 0.550. The minimum absolute atomic E-state index is 0.0923. The van der Waals surface area contributed by atoms with Crippen LogP contribution >= 0.6 is 0 Å². The second kappa shape index (κ2) is 8.34. The van der Waals surface area contributed by atoms with Crippen LogP contribution in [0.3, 0.4) is 0 Å². The van der Waals surface area contributed by atoms with Gasteiger partial charge in [-0.3, -0.25) is 9.59 Å². The molecule has 1 aliphatic heterocycles. The van der Waals surface area contributed by atoms with Crippen LogP contribution < -0.4 is 5.32 Å². The molecule has 2 aliphatic rings. The standard InChI is InChI=1S/C20H26N2O4/c1-2-26-20(25)14-8-10-16(11-9-14)21-19(24)15-12-18(23)22(13-15)17-6-4-3-5-7-17/h8-11,15,17H,2-7,12-13H2,1H3,(H,21,24)/t15-/m1/s1. The third-order valence-electron chi connectivity index (χ3n) is 5.21. The fourth-order valence-electron chi connectivity index (χ4n) is 3.80. The molecule has 6 nitrogen and oxygen atoms in total. The first-order valence-electron chi connectivity index (χ1n) is 9.46. The lowest BCUT2D eigenvalue weighted by atomic mass is 9.94. The maximum Gasteiger partial charge on any atom is 0.338 e. The summed E-state index contributed by atoms with van der Waals surface area (Å²) in [5, 5.41) is 2.86. The number of rotatable bonds is 5. The van der Waals surface area contributed by atoms with Crippen LogP contribution in [-0.4, -0.2) is 41.9 Å². The smallest absolute Gasteiger partial charge is 0.338 e. The van der Waals surface area contributed by atoms with Gasteiger partial charge in [-0.1, -0.05) is 19.3 Å². The van der Waals surface area contributed by atoms with E-state index in [1.165, 1.54) is 6.42 Å². The summed E-state index contributed by atoms with van der Waals surface area (Å²) in [7, 11) is 0. The number of hydrogen-bond acceptors (Lipinski definition) is 4. The van der Waals surface area contributed by atoms with Gasteiger partial charge in [0.15, 0.2) is 0 Å². The van der Waals surface area contributed by atoms with E-state index < -0.39 is 0 Å². The Morgan fingerprint density at radius 1 is 1.15 bits per heavy atom. The van der Waals surface area contributed by atoms with Crippen molar-refractivity contribution in [1.29, 1.82) is 0 Å². The van der Waals surface area contributed by atoms with E-state index in [9.17, 15) is 14.4 Å². The number of amides is 2. The Morgan fingerprint density at radius 3 is 2.50 bits per heavy atom. The third kappa shape index (κ3) is 4.23. The summed E-state index contributed by atoms with van der Waals surface area (Å²) < 4.78 is 4.94. The lowest BCUT2D eigenvalue weighted by Gasteiger charge is -2.31. The Labute approximate surface area is 153 Å². The first kappa shape index (κ1) is 18.4. The molecule has 0 spiro atoms. The summed E-state index contributed by atoms with van der Waals surface area (Å²) in [5.74, 6) is -0.737. The number of ether oxygens (including phenoxy) is 1. The van der Waals surface area contributed by atoms with Crippen LogP contribution in [0.25, 0.3) is 0 Å². The minimum atomic E-state index is -0.380. The van der Waals surface area contributed by atoms with Gasteiger partial charge in [0.25, 0.3) is 0 Å². The highest BCUT2D eigenvalue weighted by molar-refractivity contribution is 5.97. The number of carbonyl (C=O) groups excluding carboxylic acids is 3. The second-order valence-electron chi connectivity index (χ2n) is 7.03. The molecule has 1 aromatic carbocycles. The van der Waals surface area contributed by atoms with Crippen LogP contribution in [0, 0.1) is 5.92 Å². The van der Waals surface area contributed by atoms with E-state index >= 15 is 0 Å². The van der Waals surface area contributed by atoms with Crippen molar-refractivity contribution < 1.29 is 19.1 Å². The highest BCUT2D eigenvalue weighted by Gasteiger charge is 2.38. The van der Waals surface area contributed by atoms with Crippen molar-refractivity contribution in [3.05, 3.63) is 29.8 Å². The number of likely N-dealkylation sites (tertiary alicyclic amines) is 1. The van der Waals surface area contributed by atoms with Crippen molar-refractivity contribution in [3.63, 3.8) is 0 Å². The Morgan fingerprint density at radius 2 is 1.85 bits per heavy atom. The second-order valence-corrected chi connectivity index (χ2v) is 7.03. The van der Waals surface area contributed by atoms with E-state index in [4.69, 9.17) is 4.74 Å². The molecule has 26 heavy (non-hydrogen) atoms. The van der Waals surface area contributed by atoms with Crippen LogP contribution in [0.4, 0.5) is 5.69 Å². The average molecular weight is 358 g/mol. The number of carbonyl (C=O) groups is 3. The summed E-state index contributed by atoms with van der Waals surface area (Å²) in [4.78, 5) is 38.4. The third-order valence-corrected chi connectivity index (χ3v) is 5.21. The minimum Gasteiger partial charge on any atom is -0.462 e. The monoisotopic (exact) mass is 358 g/mol. The number of nitrogens with zero attached hydrogens (tertiary/aromatic N) is 1. The lowest BCUT2D eigenvalue weighted by Crippen LogP contribution is -2.38. The SMILES string of the molecule is CCOC(=O)c1ccc(NC(=O)[C@@H]2CC(=O)N(C3CCCCC3)C2)cc1. The van der Waals surface area contributed by atoms with E-state index in [1.54, 1.807) is 31.2 Å². The fourth-order valence-corrected chi connectivity index (χ4v) is 3.80. The molecule has 3 rings (SSSR count). The molecular formula is C20H26N2O4. The summed E-state index contributed by atoms with van der Waals surface area (Å²) in [6.45, 7) is 2.59. The van der Waals surface area contributed by atoms with Gasteiger partial charge in [-0.25, -0.2) is 4.79 Å². The van der Waals surface area contributed by atoms with E-state index in [2.05, 4.69) is 5.32 Å². The summed E-state index contributed by atoms with van der Waals surface area (Å²) in [6, 6.07) is 6.92. The van der Waals surface area contributed by atoms with Crippen molar-refractivity contribution >= 4 is 23.5 Å². The number of anilines is 1. The molecule has 1 atom stereocenters. The Balaban J connectivity index is 1.56. The molecule has 140 valence electrons. The van der Waals surface area contributed by atoms with Gasteiger partial charge in [0.2, 0.25) is 11.8 Å². The molecule has 1 aliphatic carbocycles. The Kier molecular flexibility index (Phi) is 5.91. The largest absolute Gasteiger partial charge is 0.462 e. The predicted molar refractivity (Wildman–Crippen MR) is 97.7 cm³/mol. The number of benzene rings is 1. The van der Waals surface area contributed by atoms with E-state index in [-0.39, 0.29) is 30.1 Å². The zero-order chi connectivity index (χ0) is 18.5. The zero-order valence-electron chi connectivity index (χ0n) is 15.2. The quantitative estimate of drug-likeness (QED) is 0.821. The molecule has 1 saturated carbocycles. The maximum absolute atomic E-state index is 12.5. The predicted octanol–water partition coefficient (Wildman–Crippen LogP) is 2.98. The number of esters is 1. The molecule has 0 radical (unpaired) electrons. The van der Waals surface area contributed by atoms with Crippen LogP contribution in [0.2, 0.25) is 0 Å². The van der Waals surface area contributed by atoms with E-state index in [1.807, 2.05) is 4.90 Å². The van der Waals surface area contributed by atoms with Crippen molar-refractivity contribution in [1.82, 2.24) is 4.90 Å². The van der Waals surface area contributed by atoms with Crippen molar-refractivity contribution in [3.8, 4) is 0 Å². The van der Waals surface area contributed by atoms with Gasteiger partial charge in [0.05, 0.1) is 18.1 Å². The molecule has 1 saturated heterocycles. The van der Waals surface area contributed by atoms with Gasteiger partial charge in [0, 0.05) is 24.7 Å². The van der Waals surface area contributed by atoms with Crippen LogP contribution in [0.15, 0.2) is 24.3 Å². The summed E-state index contributed by atoms with van der Waals surface area (Å²) >= 11 is 0. The molecule has 6 heteroatoms. The zero-order valence-corrected chi connectivity index (χ0v) is 15.2. The molecule has 2 fully saturated rings. The molecule has 0 unspecified atom stereocenters. The van der Waals surface area contributed by atoms with Crippen molar-refractivity contribution in [2.24, 2.45) is 5.92 Å². The van der Waals surface area contributed by atoms with Crippen LogP contribution in [0.1, 0.15) is 55.8 Å². The molecular weight excluding hydrogens is 332 g/mol. The number of nitrogens with one attached hydrogen (secondary N) is 1. The normalized spacial score (nSPS) is 20.9. The number of hydrogen-bond donors (Lipinski definition) is 1. The molecule has 0 bridgehead atoms. The van der Waals surface area contributed by atoms with Gasteiger partial charge in [-0.15, -0.1) is 0 Å². The van der Waals surface area contributed by atoms with Gasteiger partial charge >= 0.3 is 5.97 Å². The molecule has 1 aromatic rings. The van der Waals surface area contributed by atoms with Crippen molar-refractivity contribution in [2.75, 3.05) is 18.5 Å². The van der Waals surface area contributed by atoms with Gasteiger partial charge < -0.3 is 15.0 Å². The molecule has 1 N–H and O–H groups in total. The van der Waals surface area contributed by atoms with E-state index in [0.29, 0.717) is 30.4 Å². The van der Waals surface area contributed by atoms with Gasteiger partial charge in [-0.05, 0) is 44.0 Å². The van der Waals surface area contributed by atoms with Crippen LogP contribution in [-0.2, 0) is 14.3 Å². The van der Waals surface area contributed by atoms with Crippen LogP contribution in [0.5, 0.6) is 0 Å². The van der Waals surface area contributed by atoms with E-state index in [0.717, 1.165) is 25.7 Å². The molecule has 2 amide bonds. The van der Waals surface area contributed by atoms with Gasteiger partial charge in [0.1, 0.15) is 0 Å². The Hall–Kier alpha value is -2.37. The summed E-state index contributed by atoms with van der Waals surface area (Å²) in [6.07, 6.45) is 5.95. The summed E-state index contributed by atoms with van der Waals surface area (Å²) in [5.41, 5.74) is 1.07. The highest BCUT2D eigenvalue weighted by atomic mass is 16.5. The first-order valence-corrected chi connectivity index (χ1v) is 9.46. The van der Waals surface area contributed by atoms with Gasteiger partial charge in [-0.2, -0.15) is 0 Å². The highest BCUT2D eigenvalue weighted by Crippen LogP contribution is 2.29. The molecule has 1 heterocycles. The first-order chi connectivity index (χ1) is 12.6. The average Bonchev–Trinajstić information content (AvgIpc) is 3.05. The van der Waals surface area contributed by atoms with Crippen molar-refractivity contribution in [2.45, 2.75) is 51.5 Å².